The number of hydrogen-bond donors (Lipinski definition) is 2. The lowest BCUT2D eigenvalue weighted by Crippen LogP contribution is -2.59. The Morgan fingerprint density at radius 2 is 1.65 bits per heavy atom. The molecule has 3 rings (SSSR count). The Hall–Kier alpha value is -1.23. The molecular formula is C13H22N4O5S. The summed E-state index contributed by atoms with van der Waals surface area (Å²) >= 11 is 0. The number of ether oxygens (including phenoxy) is 1. The summed E-state index contributed by atoms with van der Waals surface area (Å²) < 4.78 is 34.0. The summed E-state index contributed by atoms with van der Waals surface area (Å²) in [6, 6.07) is -0.512. The van der Waals surface area contributed by atoms with Gasteiger partial charge in [0.05, 0.1) is 12.2 Å². The van der Waals surface area contributed by atoms with Crippen molar-refractivity contribution in [1.29, 1.82) is 0 Å². The van der Waals surface area contributed by atoms with Crippen LogP contribution >= 0.6 is 0 Å². The van der Waals surface area contributed by atoms with E-state index in [-0.39, 0.29) is 44.0 Å². The molecule has 3 aliphatic heterocycles. The molecule has 0 aliphatic carbocycles. The molecule has 9 nitrogen and oxygen atoms in total. The molecule has 0 aromatic rings. The normalized spacial score (nSPS) is 32.8. The van der Waals surface area contributed by atoms with Crippen molar-refractivity contribution in [2.75, 3.05) is 26.2 Å². The zero-order valence-electron chi connectivity index (χ0n) is 13.2. The summed E-state index contributed by atoms with van der Waals surface area (Å²) in [7, 11) is -3.59. The minimum absolute atomic E-state index is 0.149. The van der Waals surface area contributed by atoms with Crippen molar-refractivity contribution in [3.63, 3.8) is 0 Å². The number of urea groups is 1. The number of morpholine rings is 1. The van der Waals surface area contributed by atoms with Crippen LogP contribution < -0.4 is 10.6 Å². The molecule has 3 aliphatic rings. The molecule has 3 saturated heterocycles. The molecule has 0 bridgehead atoms. The molecule has 2 atom stereocenters. The highest BCUT2D eigenvalue weighted by molar-refractivity contribution is 7.86. The maximum absolute atomic E-state index is 12.8. The summed E-state index contributed by atoms with van der Waals surface area (Å²) in [6.07, 6.45) is 0.257. The molecule has 10 heteroatoms. The van der Waals surface area contributed by atoms with Gasteiger partial charge in [-0.1, -0.05) is 0 Å². The van der Waals surface area contributed by atoms with Gasteiger partial charge < -0.3 is 10.1 Å². The summed E-state index contributed by atoms with van der Waals surface area (Å²) in [6.45, 7) is 4.76. The largest absolute Gasteiger partial charge is 0.373 e. The third-order valence-corrected chi connectivity index (χ3v) is 6.60. The monoisotopic (exact) mass is 346 g/mol. The number of hydrogen-bond acceptors (Lipinski definition) is 5. The Morgan fingerprint density at radius 3 is 2.13 bits per heavy atom. The molecule has 0 aromatic heterocycles. The number of rotatable bonds is 2. The van der Waals surface area contributed by atoms with Crippen LogP contribution in [0.2, 0.25) is 0 Å². The number of piperidine rings is 1. The molecule has 3 fully saturated rings. The summed E-state index contributed by atoms with van der Waals surface area (Å²) in [4.78, 5) is 23.2. The van der Waals surface area contributed by atoms with Crippen LogP contribution in [0.1, 0.15) is 26.7 Å². The average molecular weight is 346 g/mol. The highest BCUT2D eigenvalue weighted by atomic mass is 32.2. The Bertz CT molecular complexity index is 604. The molecule has 3 heterocycles. The molecule has 3 amide bonds. The smallest absolute Gasteiger partial charge is 0.322 e. The molecule has 0 unspecified atom stereocenters. The fraction of sp³-hybridized carbons (Fsp3) is 0.846. The van der Waals surface area contributed by atoms with Crippen LogP contribution in [0.15, 0.2) is 0 Å². The molecule has 2 N–H and O–H groups in total. The SMILES string of the molecule is C[C@H]1CN(S(=O)(=O)N2CCC3(CC2)NC(=O)NC3=O)C[C@H](C)O1. The van der Waals surface area contributed by atoms with Crippen molar-refractivity contribution in [1.82, 2.24) is 19.2 Å². The lowest BCUT2D eigenvalue weighted by molar-refractivity contribution is -0.125. The van der Waals surface area contributed by atoms with E-state index in [1.54, 1.807) is 0 Å². The first-order valence-corrected chi connectivity index (χ1v) is 9.17. The van der Waals surface area contributed by atoms with Gasteiger partial charge in [-0.3, -0.25) is 10.1 Å². The van der Waals surface area contributed by atoms with Gasteiger partial charge in [0.25, 0.3) is 16.1 Å². The van der Waals surface area contributed by atoms with Gasteiger partial charge in [-0.2, -0.15) is 17.0 Å². The van der Waals surface area contributed by atoms with Gasteiger partial charge in [0.2, 0.25) is 0 Å². The third kappa shape index (κ3) is 2.95. The van der Waals surface area contributed by atoms with Crippen molar-refractivity contribution in [2.24, 2.45) is 0 Å². The molecule has 130 valence electrons. The molecule has 0 radical (unpaired) electrons. The number of carbonyl (C=O) groups excluding carboxylic acids is 2. The fourth-order valence-electron chi connectivity index (χ4n) is 3.46. The van der Waals surface area contributed by atoms with Gasteiger partial charge in [-0.15, -0.1) is 0 Å². The number of nitrogens with zero attached hydrogens (tertiary/aromatic N) is 2. The Morgan fingerprint density at radius 1 is 1.09 bits per heavy atom. The van der Waals surface area contributed by atoms with Crippen LogP contribution in [0.5, 0.6) is 0 Å². The second-order valence-corrected chi connectivity index (χ2v) is 8.40. The second kappa shape index (κ2) is 5.69. The number of amides is 3. The maximum Gasteiger partial charge on any atom is 0.322 e. The maximum atomic E-state index is 12.8. The van der Waals surface area contributed by atoms with Crippen molar-refractivity contribution in [3.05, 3.63) is 0 Å². The molecule has 0 saturated carbocycles. The van der Waals surface area contributed by atoms with E-state index in [1.807, 2.05) is 13.8 Å². The highest BCUT2D eigenvalue weighted by Crippen LogP contribution is 2.28. The molecule has 23 heavy (non-hydrogen) atoms. The van der Waals surface area contributed by atoms with Gasteiger partial charge in [-0.05, 0) is 26.7 Å². The van der Waals surface area contributed by atoms with E-state index in [4.69, 9.17) is 4.74 Å². The van der Waals surface area contributed by atoms with Crippen molar-refractivity contribution in [3.8, 4) is 0 Å². The van der Waals surface area contributed by atoms with Gasteiger partial charge >= 0.3 is 6.03 Å². The van der Waals surface area contributed by atoms with Gasteiger partial charge in [0.1, 0.15) is 5.54 Å². The van der Waals surface area contributed by atoms with E-state index >= 15 is 0 Å². The van der Waals surface area contributed by atoms with Crippen LogP contribution in [-0.2, 0) is 19.7 Å². The van der Waals surface area contributed by atoms with Crippen LogP contribution in [-0.4, -0.2) is 72.9 Å². The minimum atomic E-state index is -3.59. The van der Waals surface area contributed by atoms with E-state index in [1.165, 1.54) is 8.61 Å². The van der Waals surface area contributed by atoms with Crippen molar-refractivity contribution in [2.45, 2.75) is 44.4 Å². The topological polar surface area (TPSA) is 108 Å². The first-order valence-electron chi connectivity index (χ1n) is 7.77. The van der Waals surface area contributed by atoms with E-state index in [2.05, 4.69) is 10.6 Å². The average Bonchev–Trinajstić information content (AvgIpc) is 2.72. The summed E-state index contributed by atoms with van der Waals surface area (Å²) in [5.74, 6) is -0.367. The lowest BCUT2D eigenvalue weighted by atomic mass is 9.89. The van der Waals surface area contributed by atoms with Crippen molar-refractivity contribution < 1.29 is 22.7 Å². The van der Waals surface area contributed by atoms with E-state index in [9.17, 15) is 18.0 Å². The molecule has 1 spiro atoms. The Balaban J connectivity index is 1.69. The van der Waals surface area contributed by atoms with Crippen molar-refractivity contribution >= 4 is 22.1 Å². The molecule has 0 aromatic carbocycles. The molecular weight excluding hydrogens is 324 g/mol. The van der Waals surface area contributed by atoms with Crippen LogP contribution in [0.3, 0.4) is 0 Å². The zero-order valence-corrected chi connectivity index (χ0v) is 14.1. The predicted octanol–water partition coefficient (Wildman–Crippen LogP) is -0.986. The summed E-state index contributed by atoms with van der Waals surface area (Å²) in [5.41, 5.74) is -0.964. The van der Waals surface area contributed by atoms with Gasteiger partial charge in [0.15, 0.2) is 0 Å². The van der Waals surface area contributed by atoms with Crippen LogP contribution in [0.25, 0.3) is 0 Å². The first-order chi connectivity index (χ1) is 10.7. The van der Waals surface area contributed by atoms with E-state index < -0.39 is 21.8 Å². The predicted molar refractivity (Wildman–Crippen MR) is 80.7 cm³/mol. The second-order valence-electron chi connectivity index (χ2n) is 6.47. The van der Waals surface area contributed by atoms with Gasteiger partial charge in [0, 0.05) is 26.2 Å². The fourth-order valence-corrected chi connectivity index (χ4v) is 5.23. The van der Waals surface area contributed by atoms with Crippen LogP contribution in [0, 0.1) is 0 Å². The zero-order chi connectivity index (χ0) is 16.8. The minimum Gasteiger partial charge on any atom is -0.373 e. The Kier molecular flexibility index (Phi) is 4.11. The first kappa shape index (κ1) is 16.6. The van der Waals surface area contributed by atoms with Gasteiger partial charge in [-0.25, -0.2) is 4.79 Å². The third-order valence-electron chi connectivity index (χ3n) is 4.63. The number of carbonyl (C=O) groups is 2. The quantitative estimate of drug-likeness (QED) is 0.625. The summed E-state index contributed by atoms with van der Waals surface area (Å²) in [5, 5.41) is 4.85. The standard InChI is InChI=1S/C13H22N4O5S/c1-9-7-17(8-10(2)22-9)23(20,21)16-5-3-13(4-6-16)11(18)14-12(19)15-13/h9-10H,3-8H2,1-2H3,(H2,14,15,18,19)/t9-,10-/m0/s1. The highest BCUT2D eigenvalue weighted by Gasteiger charge is 2.50. The van der Waals surface area contributed by atoms with Crippen LogP contribution in [0.4, 0.5) is 4.79 Å². The van der Waals surface area contributed by atoms with E-state index in [0.717, 1.165) is 0 Å². The Labute approximate surface area is 135 Å². The van der Waals surface area contributed by atoms with E-state index in [0.29, 0.717) is 13.1 Å². The number of imide groups is 1. The lowest BCUT2D eigenvalue weighted by Gasteiger charge is -2.41. The number of nitrogens with one attached hydrogen (secondary N) is 2.